The molecule has 0 spiro atoms. The Bertz CT molecular complexity index is 227. The minimum Gasteiger partial charge on any atom is -0.375 e. The predicted molar refractivity (Wildman–Crippen MR) is 56.7 cm³/mol. The van der Waals surface area contributed by atoms with Crippen LogP contribution in [0.25, 0.3) is 0 Å². The van der Waals surface area contributed by atoms with Crippen LogP contribution in [0.3, 0.4) is 0 Å². The highest BCUT2D eigenvalue weighted by atomic mass is 16.5. The number of hydrogen-bond donors (Lipinski definition) is 1. The summed E-state index contributed by atoms with van der Waals surface area (Å²) in [7, 11) is 1.54. The van der Waals surface area contributed by atoms with Crippen molar-refractivity contribution in [3.05, 3.63) is 0 Å². The molecule has 3 rings (SSSR count). The van der Waals surface area contributed by atoms with Crippen molar-refractivity contribution in [2.24, 2.45) is 0 Å². The number of rotatable bonds is 4. The molecule has 5 nitrogen and oxygen atoms in total. The molecule has 0 aliphatic carbocycles. The van der Waals surface area contributed by atoms with E-state index < -0.39 is 0 Å². The Kier molecular flexibility index (Phi) is 3.56. The standard InChI is InChI=1S/C10H19N3O2/c1-15-8-10(14)11-6-9-7-12-2-4-13(9)5-3-12/h9H,2-8H2,1H3,(H,11,14). The van der Waals surface area contributed by atoms with Crippen molar-refractivity contribution in [1.29, 1.82) is 0 Å². The maximum Gasteiger partial charge on any atom is 0.246 e. The summed E-state index contributed by atoms with van der Waals surface area (Å²) in [6.07, 6.45) is 0. The second-order valence-corrected chi connectivity index (χ2v) is 4.23. The van der Waals surface area contributed by atoms with E-state index in [9.17, 15) is 4.79 Å². The topological polar surface area (TPSA) is 44.8 Å². The van der Waals surface area contributed by atoms with Crippen LogP contribution < -0.4 is 5.32 Å². The zero-order valence-electron chi connectivity index (χ0n) is 9.24. The Hall–Kier alpha value is -0.650. The third-order valence-electron chi connectivity index (χ3n) is 3.20. The van der Waals surface area contributed by atoms with E-state index >= 15 is 0 Å². The zero-order chi connectivity index (χ0) is 10.7. The number of nitrogens with zero attached hydrogens (tertiary/aromatic N) is 2. The monoisotopic (exact) mass is 213 g/mol. The lowest BCUT2D eigenvalue weighted by Crippen LogP contribution is -2.63. The van der Waals surface area contributed by atoms with E-state index in [1.54, 1.807) is 0 Å². The van der Waals surface area contributed by atoms with Crippen LogP contribution in [-0.4, -0.2) is 74.7 Å². The van der Waals surface area contributed by atoms with Crippen LogP contribution in [-0.2, 0) is 9.53 Å². The number of nitrogens with one attached hydrogen (secondary N) is 1. The number of ether oxygens (including phenoxy) is 1. The summed E-state index contributed by atoms with van der Waals surface area (Å²) in [5.74, 6) is -0.0184. The van der Waals surface area contributed by atoms with Crippen LogP contribution in [0, 0.1) is 0 Å². The van der Waals surface area contributed by atoms with E-state index in [2.05, 4.69) is 15.1 Å². The fraction of sp³-hybridized carbons (Fsp3) is 0.900. The summed E-state index contributed by atoms with van der Waals surface area (Å²) in [6.45, 7) is 6.66. The highest BCUT2D eigenvalue weighted by Gasteiger charge is 2.31. The third-order valence-corrected chi connectivity index (χ3v) is 3.20. The van der Waals surface area contributed by atoms with Crippen molar-refractivity contribution < 1.29 is 9.53 Å². The summed E-state index contributed by atoms with van der Waals surface area (Å²) >= 11 is 0. The minimum absolute atomic E-state index is 0.0184. The second kappa shape index (κ2) is 4.92. The van der Waals surface area contributed by atoms with E-state index in [4.69, 9.17) is 4.74 Å². The average molecular weight is 213 g/mol. The summed E-state index contributed by atoms with van der Waals surface area (Å²) in [6, 6.07) is 0.494. The molecule has 1 N–H and O–H groups in total. The van der Waals surface area contributed by atoms with E-state index in [0.717, 1.165) is 26.2 Å². The molecule has 3 heterocycles. The molecule has 1 amide bonds. The van der Waals surface area contributed by atoms with Crippen LogP contribution >= 0.6 is 0 Å². The first-order valence-electron chi connectivity index (χ1n) is 5.51. The summed E-state index contributed by atoms with van der Waals surface area (Å²) in [4.78, 5) is 16.2. The van der Waals surface area contributed by atoms with Gasteiger partial charge in [0.15, 0.2) is 0 Å². The number of fused-ring (bicyclic) bond motifs is 3. The van der Waals surface area contributed by atoms with Crippen molar-refractivity contribution in [3.8, 4) is 0 Å². The fourth-order valence-electron chi connectivity index (χ4n) is 2.33. The van der Waals surface area contributed by atoms with E-state index in [1.807, 2.05) is 0 Å². The first-order valence-corrected chi connectivity index (χ1v) is 5.51. The first-order chi connectivity index (χ1) is 7.29. The van der Waals surface area contributed by atoms with Crippen LogP contribution in [0.5, 0.6) is 0 Å². The third kappa shape index (κ3) is 2.68. The van der Waals surface area contributed by atoms with Gasteiger partial charge in [0.1, 0.15) is 6.61 Å². The Morgan fingerprint density at radius 1 is 1.40 bits per heavy atom. The van der Waals surface area contributed by atoms with Crippen molar-refractivity contribution in [2.45, 2.75) is 6.04 Å². The molecule has 2 bridgehead atoms. The van der Waals surface area contributed by atoms with Gasteiger partial charge in [0.2, 0.25) is 5.91 Å². The number of carbonyl (C=O) groups excluding carboxylic acids is 1. The number of carbonyl (C=O) groups is 1. The normalized spacial score (nSPS) is 34.1. The van der Waals surface area contributed by atoms with Gasteiger partial charge in [-0.2, -0.15) is 0 Å². The van der Waals surface area contributed by atoms with Gasteiger partial charge in [-0.25, -0.2) is 0 Å². The molecule has 15 heavy (non-hydrogen) atoms. The van der Waals surface area contributed by atoms with Gasteiger partial charge in [0, 0.05) is 52.4 Å². The Labute approximate surface area is 90.4 Å². The molecule has 3 aliphatic rings. The van der Waals surface area contributed by atoms with Gasteiger partial charge in [0.05, 0.1) is 0 Å². The van der Waals surface area contributed by atoms with E-state index in [1.165, 1.54) is 20.2 Å². The molecule has 3 fully saturated rings. The minimum atomic E-state index is -0.0184. The number of methoxy groups -OCH3 is 1. The zero-order valence-corrected chi connectivity index (χ0v) is 9.24. The smallest absolute Gasteiger partial charge is 0.246 e. The Morgan fingerprint density at radius 3 is 2.67 bits per heavy atom. The Balaban J connectivity index is 1.73. The lowest BCUT2D eigenvalue weighted by atomic mass is 10.1. The van der Waals surface area contributed by atoms with Crippen molar-refractivity contribution >= 4 is 5.91 Å². The van der Waals surface area contributed by atoms with Crippen molar-refractivity contribution in [1.82, 2.24) is 15.1 Å². The first kappa shape index (κ1) is 10.9. The Morgan fingerprint density at radius 2 is 2.13 bits per heavy atom. The SMILES string of the molecule is COCC(=O)NCC1CN2CCN1CC2. The van der Waals surface area contributed by atoms with Gasteiger partial charge in [0.25, 0.3) is 0 Å². The predicted octanol–water partition coefficient (Wildman–Crippen LogP) is -1.25. The molecule has 3 aliphatic heterocycles. The molecule has 1 atom stereocenters. The van der Waals surface area contributed by atoms with Crippen LogP contribution in [0.4, 0.5) is 0 Å². The average Bonchev–Trinajstić information content (AvgIpc) is 2.28. The molecule has 5 heteroatoms. The highest BCUT2D eigenvalue weighted by molar-refractivity contribution is 5.77. The maximum atomic E-state index is 11.2. The molecular weight excluding hydrogens is 194 g/mol. The van der Waals surface area contributed by atoms with Crippen molar-refractivity contribution in [3.63, 3.8) is 0 Å². The summed E-state index contributed by atoms with van der Waals surface area (Å²) in [5.41, 5.74) is 0. The quantitative estimate of drug-likeness (QED) is 0.634. The number of amides is 1. The second-order valence-electron chi connectivity index (χ2n) is 4.23. The lowest BCUT2D eigenvalue weighted by molar-refractivity contribution is -0.125. The van der Waals surface area contributed by atoms with Crippen LogP contribution in [0.15, 0.2) is 0 Å². The van der Waals surface area contributed by atoms with Crippen LogP contribution in [0.2, 0.25) is 0 Å². The molecule has 0 saturated carbocycles. The number of piperazine rings is 3. The summed E-state index contributed by atoms with van der Waals surface area (Å²) < 4.78 is 4.77. The number of hydrogen-bond acceptors (Lipinski definition) is 4. The van der Waals surface area contributed by atoms with Gasteiger partial charge in [-0.3, -0.25) is 14.6 Å². The van der Waals surface area contributed by atoms with Gasteiger partial charge in [-0.1, -0.05) is 0 Å². The molecule has 86 valence electrons. The molecule has 0 radical (unpaired) electrons. The fourth-order valence-corrected chi connectivity index (χ4v) is 2.33. The molecule has 3 saturated heterocycles. The molecular formula is C10H19N3O2. The van der Waals surface area contributed by atoms with E-state index in [0.29, 0.717) is 6.04 Å². The highest BCUT2D eigenvalue weighted by Crippen LogP contribution is 2.14. The van der Waals surface area contributed by atoms with Gasteiger partial charge in [-0.15, -0.1) is 0 Å². The lowest BCUT2D eigenvalue weighted by Gasteiger charge is -2.47. The van der Waals surface area contributed by atoms with Gasteiger partial charge < -0.3 is 10.1 Å². The largest absolute Gasteiger partial charge is 0.375 e. The van der Waals surface area contributed by atoms with E-state index in [-0.39, 0.29) is 12.5 Å². The van der Waals surface area contributed by atoms with Gasteiger partial charge >= 0.3 is 0 Å². The molecule has 1 unspecified atom stereocenters. The molecule has 0 aromatic carbocycles. The van der Waals surface area contributed by atoms with Crippen molar-refractivity contribution in [2.75, 3.05) is 53.0 Å². The molecule has 0 aromatic heterocycles. The maximum absolute atomic E-state index is 11.2. The van der Waals surface area contributed by atoms with Crippen LogP contribution in [0.1, 0.15) is 0 Å². The van der Waals surface area contributed by atoms with Gasteiger partial charge in [-0.05, 0) is 0 Å². The summed E-state index contributed by atoms with van der Waals surface area (Å²) in [5, 5.41) is 2.91. The molecule has 0 aromatic rings.